The summed E-state index contributed by atoms with van der Waals surface area (Å²) in [5.41, 5.74) is 1.19. The molecule has 1 aliphatic rings. The first kappa shape index (κ1) is 22.1. The number of nitrogens with one attached hydrogen (secondary N) is 1. The smallest absolute Gasteiger partial charge is 0.274 e. The Morgan fingerprint density at radius 3 is 2.48 bits per heavy atom. The highest BCUT2D eigenvalue weighted by Gasteiger charge is 2.25. The Morgan fingerprint density at radius 2 is 1.79 bits per heavy atom. The minimum absolute atomic E-state index is 0.0598. The van der Waals surface area contributed by atoms with E-state index in [-0.39, 0.29) is 35.6 Å². The van der Waals surface area contributed by atoms with E-state index in [1.54, 1.807) is 29.3 Å². The number of hydrogen-bond donors (Lipinski definition) is 1. The second-order valence-electron chi connectivity index (χ2n) is 7.55. The number of nitro groups is 1. The fourth-order valence-electron chi connectivity index (χ4n) is 3.54. The van der Waals surface area contributed by atoms with E-state index in [1.807, 2.05) is 4.90 Å². The third-order valence-electron chi connectivity index (χ3n) is 5.27. The second-order valence-corrected chi connectivity index (χ2v) is 7.55. The normalized spacial score (nSPS) is 14.2. The number of benzene rings is 2. The van der Waals surface area contributed by atoms with Crippen LogP contribution in [0, 0.1) is 15.9 Å². The van der Waals surface area contributed by atoms with Crippen LogP contribution in [0.4, 0.5) is 15.8 Å². The monoisotopic (exact) mass is 452 g/mol. The molecule has 2 amide bonds. The molecule has 170 valence electrons. The SMILES string of the molecule is O=C(CN1CCN(C(=O)c2ccn(-c3cccc([N+](=O)[O-])c3)n2)CC1)Nc1ccc(F)cc1. The zero-order valence-corrected chi connectivity index (χ0v) is 17.6. The molecule has 10 nitrogen and oxygen atoms in total. The standard InChI is InChI=1S/C22H21FN6O4/c23-16-4-6-17(7-5-16)24-21(30)15-26-10-12-27(13-11-26)22(31)20-8-9-28(25-20)18-2-1-3-19(14-18)29(32)33/h1-9,14H,10-13,15H2,(H,24,30). The van der Waals surface area contributed by atoms with Gasteiger partial charge in [-0.3, -0.25) is 24.6 Å². The van der Waals surface area contributed by atoms with Crippen LogP contribution in [0.5, 0.6) is 0 Å². The van der Waals surface area contributed by atoms with E-state index in [0.29, 0.717) is 37.6 Å². The number of halogens is 1. The van der Waals surface area contributed by atoms with E-state index in [2.05, 4.69) is 10.4 Å². The Bertz CT molecular complexity index is 1170. The predicted molar refractivity (Wildman–Crippen MR) is 118 cm³/mol. The first-order valence-electron chi connectivity index (χ1n) is 10.3. The molecule has 0 saturated carbocycles. The van der Waals surface area contributed by atoms with Crippen LogP contribution in [0.2, 0.25) is 0 Å². The summed E-state index contributed by atoms with van der Waals surface area (Å²) in [5.74, 6) is -0.824. The number of nitrogens with zero attached hydrogens (tertiary/aromatic N) is 5. The van der Waals surface area contributed by atoms with Crippen LogP contribution in [0.3, 0.4) is 0 Å². The molecule has 3 aromatic rings. The quantitative estimate of drug-likeness (QED) is 0.454. The third-order valence-corrected chi connectivity index (χ3v) is 5.27. The molecule has 0 aliphatic carbocycles. The summed E-state index contributed by atoms with van der Waals surface area (Å²) < 4.78 is 14.4. The molecule has 1 N–H and O–H groups in total. The van der Waals surface area contributed by atoms with Gasteiger partial charge < -0.3 is 10.2 Å². The molecule has 1 aromatic heterocycles. The van der Waals surface area contributed by atoms with Crippen molar-refractivity contribution < 1.29 is 18.9 Å². The highest BCUT2D eigenvalue weighted by Crippen LogP contribution is 2.17. The molecule has 4 rings (SSSR count). The molecule has 0 radical (unpaired) electrons. The number of non-ortho nitro benzene ring substituents is 1. The summed E-state index contributed by atoms with van der Waals surface area (Å²) >= 11 is 0. The Balaban J connectivity index is 1.30. The van der Waals surface area contributed by atoms with E-state index in [9.17, 15) is 24.1 Å². The average molecular weight is 452 g/mol. The maximum Gasteiger partial charge on any atom is 0.274 e. The zero-order valence-electron chi connectivity index (χ0n) is 17.6. The maximum absolute atomic E-state index is 13.0. The number of piperazine rings is 1. The zero-order chi connectivity index (χ0) is 23.4. The van der Waals surface area contributed by atoms with Gasteiger partial charge in [-0.05, 0) is 36.4 Å². The number of carbonyl (C=O) groups excluding carboxylic acids is 2. The Hall–Kier alpha value is -4.12. The van der Waals surface area contributed by atoms with Gasteiger partial charge in [-0.25, -0.2) is 9.07 Å². The lowest BCUT2D eigenvalue weighted by Gasteiger charge is -2.33. The van der Waals surface area contributed by atoms with Gasteiger partial charge in [0.05, 0.1) is 17.2 Å². The van der Waals surface area contributed by atoms with E-state index in [1.165, 1.54) is 41.1 Å². The lowest BCUT2D eigenvalue weighted by molar-refractivity contribution is -0.384. The number of hydrogen-bond acceptors (Lipinski definition) is 6. The van der Waals surface area contributed by atoms with Crippen molar-refractivity contribution in [2.45, 2.75) is 0 Å². The van der Waals surface area contributed by atoms with Crippen molar-refractivity contribution in [1.29, 1.82) is 0 Å². The molecule has 33 heavy (non-hydrogen) atoms. The molecule has 1 saturated heterocycles. The fourth-order valence-corrected chi connectivity index (χ4v) is 3.54. The third kappa shape index (κ3) is 5.39. The summed E-state index contributed by atoms with van der Waals surface area (Å²) in [6.07, 6.45) is 1.59. The number of amides is 2. The number of carbonyl (C=O) groups is 2. The minimum Gasteiger partial charge on any atom is -0.335 e. The van der Waals surface area contributed by atoms with Gasteiger partial charge in [0.2, 0.25) is 5.91 Å². The van der Waals surface area contributed by atoms with Crippen LogP contribution in [0.1, 0.15) is 10.5 Å². The highest BCUT2D eigenvalue weighted by atomic mass is 19.1. The van der Waals surface area contributed by atoms with E-state index in [4.69, 9.17) is 0 Å². The molecule has 11 heteroatoms. The topological polar surface area (TPSA) is 114 Å². The summed E-state index contributed by atoms with van der Waals surface area (Å²) in [6, 6.07) is 13.1. The average Bonchev–Trinajstić information content (AvgIpc) is 3.31. The Morgan fingerprint density at radius 1 is 1.06 bits per heavy atom. The molecule has 0 bridgehead atoms. The van der Waals surface area contributed by atoms with Crippen molar-refractivity contribution in [1.82, 2.24) is 19.6 Å². The molecule has 2 aromatic carbocycles. The van der Waals surface area contributed by atoms with Crippen LogP contribution in [0.25, 0.3) is 5.69 Å². The van der Waals surface area contributed by atoms with Crippen molar-refractivity contribution in [3.8, 4) is 5.69 Å². The summed E-state index contributed by atoms with van der Waals surface area (Å²) in [7, 11) is 0. The van der Waals surface area contributed by atoms with Crippen LogP contribution >= 0.6 is 0 Å². The van der Waals surface area contributed by atoms with E-state index in [0.717, 1.165) is 0 Å². The van der Waals surface area contributed by atoms with Gasteiger partial charge >= 0.3 is 0 Å². The first-order chi connectivity index (χ1) is 15.9. The number of aromatic nitrogens is 2. The van der Waals surface area contributed by atoms with Gasteiger partial charge in [-0.1, -0.05) is 6.07 Å². The van der Waals surface area contributed by atoms with E-state index < -0.39 is 4.92 Å². The summed E-state index contributed by atoms with van der Waals surface area (Å²) in [5, 5.41) is 18.0. The molecule has 0 atom stereocenters. The molecule has 0 unspecified atom stereocenters. The highest BCUT2D eigenvalue weighted by molar-refractivity contribution is 5.93. The number of rotatable bonds is 6. The molecule has 1 aliphatic heterocycles. The van der Waals surface area contributed by atoms with Crippen LogP contribution in [0.15, 0.2) is 60.8 Å². The van der Waals surface area contributed by atoms with Gasteiger partial charge in [-0.15, -0.1) is 0 Å². The van der Waals surface area contributed by atoms with E-state index >= 15 is 0 Å². The van der Waals surface area contributed by atoms with Crippen LogP contribution < -0.4 is 5.32 Å². The summed E-state index contributed by atoms with van der Waals surface area (Å²) in [6.45, 7) is 2.09. The van der Waals surface area contributed by atoms with Crippen LogP contribution in [-0.4, -0.2) is 69.0 Å². The predicted octanol–water partition coefficient (Wildman–Crippen LogP) is 2.32. The maximum atomic E-state index is 13.0. The molecular weight excluding hydrogens is 431 g/mol. The Labute approximate surface area is 188 Å². The van der Waals surface area contributed by atoms with Gasteiger partial charge in [0, 0.05) is 50.2 Å². The summed E-state index contributed by atoms with van der Waals surface area (Å²) in [4.78, 5) is 39.1. The van der Waals surface area contributed by atoms with Gasteiger partial charge in [0.15, 0.2) is 5.69 Å². The minimum atomic E-state index is -0.488. The lowest BCUT2D eigenvalue weighted by Crippen LogP contribution is -2.50. The van der Waals surface area contributed by atoms with Crippen molar-refractivity contribution in [2.75, 3.05) is 38.0 Å². The molecular formula is C22H21FN6O4. The number of anilines is 1. The fraction of sp³-hybridized carbons (Fsp3) is 0.227. The van der Waals surface area contributed by atoms with Gasteiger partial charge in [0.1, 0.15) is 5.82 Å². The van der Waals surface area contributed by atoms with Crippen LogP contribution in [-0.2, 0) is 4.79 Å². The first-order valence-corrected chi connectivity index (χ1v) is 10.3. The van der Waals surface area contributed by atoms with Gasteiger partial charge in [0.25, 0.3) is 11.6 Å². The second kappa shape index (κ2) is 9.57. The molecule has 0 spiro atoms. The van der Waals surface area contributed by atoms with Crippen molar-refractivity contribution in [3.05, 3.63) is 82.4 Å². The molecule has 2 heterocycles. The van der Waals surface area contributed by atoms with Crippen molar-refractivity contribution in [2.24, 2.45) is 0 Å². The molecule has 1 fully saturated rings. The number of nitro benzene ring substituents is 1. The van der Waals surface area contributed by atoms with Gasteiger partial charge in [-0.2, -0.15) is 5.10 Å². The largest absolute Gasteiger partial charge is 0.335 e. The van der Waals surface area contributed by atoms with Crippen molar-refractivity contribution in [3.63, 3.8) is 0 Å². The lowest BCUT2D eigenvalue weighted by atomic mass is 10.2. The Kier molecular flexibility index (Phi) is 6.41. The van der Waals surface area contributed by atoms with Crippen molar-refractivity contribution >= 4 is 23.2 Å².